The van der Waals surface area contributed by atoms with Crippen molar-refractivity contribution in [1.82, 2.24) is 20.7 Å². The van der Waals surface area contributed by atoms with Crippen molar-refractivity contribution in [2.24, 2.45) is 4.99 Å². The van der Waals surface area contributed by atoms with Gasteiger partial charge < -0.3 is 16.3 Å². The number of amides is 3. The summed E-state index contributed by atoms with van der Waals surface area (Å²) in [6.07, 6.45) is 0.00540. The maximum atomic E-state index is 13.1. The Morgan fingerprint density at radius 3 is 2.38 bits per heavy atom. The monoisotopic (exact) mass is 1090 g/mol. The smallest absolute Gasteiger partial charge is 0.611 e. The zero-order chi connectivity index (χ0) is 26.7. The van der Waals surface area contributed by atoms with Gasteiger partial charge in [-0.1, -0.05) is 74.2 Å². The van der Waals surface area contributed by atoms with E-state index >= 15 is 0 Å². The second-order valence-electron chi connectivity index (χ2n) is 6.98. The number of halogens is 4. The van der Waals surface area contributed by atoms with Crippen LogP contribution in [0.2, 0.25) is 5.02 Å². The van der Waals surface area contributed by atoms with Gasteiger partial charge in [0.25, 0.3) is 28.6 Å². The molecule has 15 heteroatoms. The molecule has 2 aromatic rings. The third-order valence-corrected chi connectivity index (χ3v) is 14.8. The largest absolute Gasteiger partial charge is 2.00 e. The van der Waals surface area contributed by atoms with Crippen LogP contribution in [0, 0.1) is 42.4 Å². The topological polar surface area (TPSA) is 128 Å². The van der Waals surface area contributed by atoms with Gasteiger partial charge in [0.05, 0.1) is 13.1 Å². The third-order valence-electron chi connectivity index (χ3n) is 4.56. The van der Waals surface area contributed by atoms with Gasteiger partial charge in [-0.05, 0) is 23.4 Å². The van der Waals surface area contributed by atoms with Gasteiger partial charge in [-0.3, -0.25) is 10.1 Å². The number of hydrogen-bond donors (Lipinski definition) is 3. The van der Waals surface area contributed by atoms with Crippen molar-refractivity contribution >= 4 is 85.7 Å². The molecule has 0 aliphatic carbocycles. The predicted octanol–water partition coefficient (Wildman–Crippen LogP) is -0.255. The third kappa shape index (κ3) is 11.8. The average molecular weight is 1090 g/mol. The molecule has 3 amide bonds. The van der Waals surface area contributed by atoms with Crippen molar-refractivity contribution in [3.63, 3.8) is 0 Å². The van der Waals surface area contributed by atoms with E-state index in [1.165, 1.54) is 12.1 Å². The van der Waals surface area contributed by atoms with E-state index < -0.39 is 11.3 Å². The number of urea groups is 1. The molecular weight excluding hydrogens is 1060 g/mol. The molecule has 1 aliphatic heterocycles. The van der Waals surface area contributed by atoms with Gasteiger partial charge in [-0.25, -0.2) is 9.79 Å². The number of aliphatic imine (C=N–C) groups is 1. The quantitative estimate of drug-likeness (QED) is 0.111. The minimum absolute atomic E-state index is 0. The van der Waals surface area contributed by atoms with Crippen molar-refractivity contribution in [2.75, 3.05) is 13.6 Å². The summed E-state index contributed by atoms with van der Waals surface area (Å²) >= 11 is 7.54. The molecule has 1 unspecified atom stereocenters. The number of quaternary nitrogens is 1. The summed E-state index contributed by atoms with van der Waals surface area (Å²) in [5, 5.41) is 20.5. The Bertz CT molecular complexity index is 1080. The number of carbonyl (C=O) groups is 2. The molecule has 37 heavy (non-hydrogen) atoms. The number of guanidine groups is 1. The van der Waals surface area contributed by atoms with Gasteiger partial charge >= 0.3 is 37.1 Å². The van der Waals surface area contributed by atoms with Crippen molar-refractivity contribution in [2.45, 2.75) is 12.5 Å². The number of rotatable bonds is 8. The molecule has 0 spiro atoms. The number of alkyl halides is 3. The van der Waals surface area contributed by atoms with Crippen LogP contribution in [0.25, 0.3) is 5.73 Å². The van der Waals surface area contributed by atoms with Crippen LogP contribution in [0.5, 0.6) is 0 Å². The summed E-state index contributed by atoms with van der Waals surface area (Å²) < 4.78 is 7.32. The van der Waals surface area contributed by atoms with Crippen LogP contribution in [0.3, 0.4) is 0 Å². The summed E-state index contributed by atoms with van der Waals surface area (Å²) in [6.45, 7) is 0.125. The van der Waals surface area contributed by atoms with Gasteiger partial charge in [0.15, 0.2) is -0.441 Å². The minimum Gasteiger partial charge on any atom is -0.611 e. The maximum Gasteiger partial charge on any atom is 2.00 e. The van der Waals surface area contributed by atoms with Crippen LogP contribution in [-0.4, -0.2) is 50.1 Å². The van der Waals surface area contributed by atoms with Crippen molar-refractivity contribution in [1.29, 1.82) is 0 Å². The van der Waals surface area contributed by atoms with Gasteiger partial charge in [-0.2, -0.15) is 28.5 Å². The Morgan fingerprint density at radius 2 is 1.86 bits per heavy atom. The van der Waals surface area contributed by atoms with Gasteiger partial charge in [0.1, 0.15) is 0 Å². The SMILES string of the molecule is C=IC([NH-])([IH+])I=C.CNC(=O)CCN1C(=O)NC(=Nc2cc[c-]cc2)N(Cc2ccc(Cl)cc2)[NH+]1[O-].[U+2]. The summed E-state index contributed by atoms with van der Waals surface area (Å²) in [6, 6.07) is 16.1. The van der Waals surface area contributed by atoms with Gasteiger partial charge in [0, 0.05) is 18.5 Å². The standard InChI is InChI=1S/C19H20ClN6O3.C3H6I3N.U/c1-21-17(27)11-12-24-19(28)23-18(22-16-5-3-2-4-6-16)25(26(24)29)13-14-7-9-15(20)10-8-14;1-5-3(4,7)6-2;/h3-10,26H,11-13H2,1H3,(H,21,27)(H,22,23,28);4,7H,1-2H2;/q-1;;+2. The number of carbonyl (C=O) groups excluding carboxylic acids is 2. The second-order valence-corrected chi connectivity index (χ2v) is 20.5. The van der Waals surface area contributed by atoms with E-state index in [1.807, 2.05) is 22.6 Å². The van der Waals surface area contributed by atoms with E-state index in [4.69, 9.17) is 17.3 Å². The molecule has 0 radical (unpaired) electrons. The molecule has 3 rings (SSSR count). The first-order chi connectivity index (χ1) is 17.1. The summed E-state index contributed by atoms with van der Waals surface area (Å²) in [5.41, 5.74) is 8.77. The molecule has 198 valence electrons. The van der Waals surface area contributed by atoms with E-state index in [0.717, 1.165) is 10.6 Å². The Labute approximate surface area is 278 Å². The maximum absolute atomic E-state index is 13.1. The van der Waals surface area contributed by atoms with Gasteiger partial charge in [0.2, 0.25) is 5.91 Å². The molecule has 1 atom stereocenters. The molecule has 0 aromatic heterocycles. The Kier molecular flexibility index (Phi) is 16.5. The predicted molar refractivity (Wildman–Crippen MR) is 158 cm³/mol. The molecule has 10 nitrogen and oxygen atoms in total. The van der Waals surface area contributed by atoms with Crippen LogP contribution >= 0.6 is 53.1 Å². The number of nitrogens with one attached hydrogen (secondary N) is 4. The van der Waals surface area contributed by atoms with Crippen molar-refractivity contribution in [3.8, 4) is 0 Å². The van der Waals surface area contributed by atoms with Crippen LogP contribution in [0.4, 0.5) is 10.5 Å². The summed E-state index contributed by atoms with van der Waals surface area (Å²) in [5.74, 6) is -0.160. The number of hydrogen-bond acceptors (Lipinski definition) is 4. The zero-order valence-electron chi connectivity index (χ0n) is 19.8. The fourth-order valence-electron chi connectivity index (χ4n) is 2.70. The first kappa shape index (κ1) is 34.8. The van der Waals surface area contributed by atoms with Crippen molar-refractivity contribution < 1.29 is 68.6 Å². The fraction of sp³-hybridized carbons (Fsp3) is 0.227. The molecule has 1 heterocycles. The summed E-state index contributed by atoms with van der Waals surface area (Å²) in [4.78, 5) is 28.4. The van der Waals surface area contributed by atoms with Crippen LogP contribution in [0.15, 0.2) is 53.5 Å². The molecule has 4 N–H and O–H groups in total. The molecule has 1 saturated heterocycles. The summed E-state index contributed by atoms with van der Waals surface area (Å²) in [7, 11) is 1.50. The van der Waals surface area contributed by atoms with E-state index in [9.17, 15) is 14.8 Å². The van der Waals surface area contributed by atoms with E-state index in [-0.39, 0.29) is 104 Å². The zero-order valence-corrected chi connectivity index (χ0v) is 31.3. The second kappa shape index (κ2) is 17.5. The number of nitrogens with zero attached hydrogens (tertiary/aromatic N) is 3. The van der Waals surface area contributed by atoms with Crippen molar-refractivity contribution in [3.05, 3.63) is 76.1 Å². The van der Waals surface area contributed by atoms with E-state index in [2.05, 4.69) is 30.7 Å². The number of benzene rings is 2. The normalized spacial score (nSPS) is 16.3. The average Bonchev–Trinajstić information content (AvgIpc) is 2.88. The minimum atomic E-state index is -0.632. The van der Waals surface area contributed by atoms with Crippen LogP contribution < -0.4 is 38.5 Å². The molecule has 2 aromatic carbocycles. The fourth-order valence-corrected chi connectivity index (χ4v) is 4.40. The molecule has 0 saturated carbocycles. The van der Waals surface area contributed by atoms with Crippen LogP contribution in [-0.2, 0) is 11.3 Å². The van der Waals surface area contributed by atoms with Crippen LogP contribution in [0.1, 0.15) is 12.0 Å². The first-order valence-electron chi connectivity index (χ1n) is 10.2. The molecule has 1 aliphatic rings. The Hall–Kier alpha value is -0.198. The van der Waals surface area contributed by atoms with E-state index in [1.54, 1.807) is 48.5 Å². The first-order valence-corrected chi connectivity index (χ1v) is 17.0. The van der Waals surface area contributed by atoms with E-state index in [0.29, 0.717) is 10.7 Å². The molecule has 0 bridgehead atoms. The molecule has 1 fully saturated rings. The molecular formula is C22H26ClI3N7O3U+. The Morgan fingerprint density at radius 1 is 1.27 bits per heavy atom. The van der Waals surface area contributed by atoms with Gasteiger partial charge in [-0.15, -0.1) is 17.1 Å². The Balaban J connectivity index is 0.000000754.